The third-order valence-corrected chi connectivity index (χ3v) is 1.80. The molecule has 2 unspecified atom stereocenters. The fourth-order valence-corrected chi connectivity index (χ4v) is 1.02. The van der Waals surface area contributed by atoms with Crippen molar-refractivity contribution in [1.29, 1.82) is 0 Å². The Kier molecular flexibility index (Phi) is 5.99. The van der Waals surface area contributed by atoms with Crippen molar-refractivity contribution in [1.82, 2.24) is 5.32 Å². The Morgan fingerprint density at radius 1 is 1.69 bits per heavy atom. The number of carbonyl (C=O) groups is 1. The van der Waals surface area contributed by atoms with Crippen LogP contribution in [0.1, 0.15) is 26.7 Å². The summed E-state index contributed by atoms with van der Waals surface area (Å²) in [5, 5.41) is 3.14. The van der Waals surface area contributed by atoms with Gasteiger partial charge in [0.25, 0.3) is 0 Å². The van der Waals surface area contributed by atoms with Crippen molar-refractivity contribution in [2.45, 2.75) is 38.8 Å². The van der Waals surface area contributed by atoms with Crippen molar-refractivity contribution in [2.24, 2.45) is 0 Å². The highest BCUT2D eigenvalue weighted by molar-refractivity contribution is 5.69. The van der Waals surface area contributed by atoms with Crippen LogP contribution in [0.3, 0.4) is 0 Å². The molecule has 3 nitrogen and oxygen atoms in total. The zero-order chi connectivity index (χ0) is 10.3. The average Bonchev–Trinajstić information content (AvgIpc) is 2.13. The molecule has 0 amide bonds. The van der Waals surface area contributed by atoms with Gasteiger partial charge in [-0.15, -0.1) is 6.42 Å². The molecule has 2 atom stereocenters. The second-order valence-electron chi connectivity index (χ2n) is 2.98. The van der Waals surface area contributed by atoms with Crippen LogP contribution in [-0.2, 0) is 9.53 Å². The molecule has 0 aliphatic carbocycles. The molecule has 0 saturated heterocycles. The van der Waals surface area contributed by atoms with E-state index in [4.69, 9.17) is 6.42 Å². The second kappa shape index (κ2) is 6.50. The van der Waals surface area contributed by atoms with Crippen LogP contribution in [0, 0.1) is 12.3 Å². The van der Waals surface area contributed by atoms with Gasteiger partial charge in [0.05, 0.1) is 19.6 Å². The lowest BCUT2D eigenvalue weighted by atomic mass is 10.1. The molecule has 3 heteroatoms. The van der Waals surface area contributed by atoms with E-state index in [1.54, 1.807) is 0 Å². The highest BCUT2D eigenvalue weighted by atomic mass is 16.5. The van der Waals surface area contributed by atoms with Gasteiger partial charge in [0.1, 0.15) is 0 Å². The monoisotopic (exact) mass is 183 g/mol. The summed E-state index contributed by atoms with van der Waals surface area (Å²) in [5.41, 5.74) is 0. The van der Waals surface area contributed by atoms with Crippen molar-refractivity contribution in [3.8, 4) is 12.3 Å². The maximum Gasteiger partial charge on any atom is 0.307 e. The van der Waals surface area contributed by atoms with E-state index in [9.17, 15) is 4.79 Å². The first kappa shape index (κ1) is 12.0. The Labute approximate surface area is 79.8 Å². The van der Waals surface area contributed by atoms with Crippen molar-refractivity contribution in [3.05, 3.63) is 0 Å². The first-order chi connectivity index (χ1) is 6.13. The topological polar surface area (TPSA) is 38.3 Å². The van der Waals surface area contributed by atoms with Crippen LogP contribution in [0.4, 0.5) is 0 Å². The van der Waals surface area contributed by atoms with Crippen LogP contribution in [0.5, 0.6) is 0 Å². The van der Waals surface area contributed by atoms with Gasteiger partial charge in [-0.25, -0.2) is 0 Å². The van der Waals surface area contributed by atoms with Gasteiger partial charge in [-0.05, 0) is 13.3 Å². The number of methoxy groups -OCH3 is 1. The van der Waals surface area contributed by atoms with Gasteiger partial charge in [-0.2, -0.15) is 0 Å². The largest absolute Gasteiger partial charge is 0.469 e. The van der Waals surface area contributed by atoms with E-state index >= 15 is 0 Å². The lowest BCUT2D eigenvalue weighted by Crippen LogP contribution is -2.36. The highest BCUT2D eigenvalue weighted by Crippen LogP contribution is 1.97. The van der Waals surface area contributed by atoms with E-state index in [2.05, 4.69) is 16.0 Å². The minimum Gasteiger partial charge on any atom is -0.469 e. The third kappa shape index (κ3) is 5.26. The van der Waals surface area contributed by atoms with Crippen molar-refractivity contribution in [2.75, 3.05) is 7.11 Å². The summed E-state index contributed by atoms with van der Waals surface area (Å²) in [6, 6.07) is 0.105. The fraction of sp³-hybridized carbons (Fsp3) is 0.700. The van der Waals surface area contributed by atoms with Gasteiger partial charge in [-0.1, -0.05) is 12.8 Å². The molecule has 0 rings (SSSR count). The zero-order valence-corrected chi connectivity index (χ0v) is 8.46. The van der Waals surface area contributed by atoms with E-state index in [0.717, 1.165) is 6.42 Å². The molecule has 0 fully saturated rings. The predicted molar refractivity (Wildman–Crippen MR) is 52.1 cm³/mol. The molecule has 1 N–H and O–H groups in total. The van der Waals surface area contributed by atoms with Crippen LogP contribution in [0.2, 0.25) is 0 Å². The SMILES string of the molecule is C#CC(CC)NC(C)CC(=O)OC. The van der Waals surface area contributed by atoms with Crippen molar-refractivity contribution in [3.63, 3.8) is 0 Å². The Hall–Kier alpha value is -1.01. The first-order valence-corrected chi connectivity index (χ1v) is 4.43. The summed E-state index contributed by atoms with van der Waals surface area (Å²) >= 11 is 0. The highest BCUT2D eigenvalue weighted by Gasteiger charge is 2.11. The number of carbonyl (C=O) groups excluding carboxylic acids is 1. The van der Waals surface area contributed by atoms with Crippen LogP contribution < -0.4 is 5.32 Å². The van der Waals surface area contributed by atoms with Crippen molar-refractivity contribution >= 4 is 5.97 Å². The van der Waals surface area contributed by atoms with Crippen LogP contribution in [0.15, 0.2) is 0 Å². The maximum atomic E-state index is 10.9. The molecular formula is C10H17NO2. The average molecular weight is 183 g/mol. The van der Waals surface area contributed by atoms with E-state index in [-0.39, 0.29) is 18.1 Å². The summed E-state index contributed by atoms with van der Waals surface area (Å²) in [4.78, 5) is 10.9. The number of ether oxygens (including phenoxy) is 1. The Balaban J connectivity index is 3.80. The molecule has 0 aromatic rings. The predicted octanol–water partition coefficient (Wildman–Crippen LogP) is 0.939. The van der Waals surface area contributed by atoms with Gasteiger partial charge < -0.3 is 10.1 Å². The normalized spacial score (nSPS) is 14.3. The van der Waals surface area contributed by atoms with Crippen LogP contribution in [0.25, 0.3) is 0 Å². The quantitative estimate of drug-likeness (QED) is 0.509. The lowest BCUT2D eigenvalue weighted by molar-refractivity contribution is -0.141. The van der Waals surface area contributed by atoms with E-state index in [0.29, 0.717) is 6.42 Å². The summed E-state index contributed by atoms with van der Waals surface area (Å²) in [6.45, 7) is 3.92. The van der Waals surface area contributed by atoms with Gasteiger partial charge in [0.15, 0.2) is 0 Å². The molecule has 0 heterocycles. The Morgan fingerprint density at radius 2 is 2.31 bits per heavy atom. The summed E-state index contributed by atoms with van der Waals surface area (Å²) in [6.07, 6.45) is 6.49. The lowest BCUT2D eigenvalue weighted by Gasteiger charge is -2.16. The maximum absolute atomic E-state index is 10.9. The smallest absolute Gasteiger partial charge is 0.307 e. The molecule has 0 radical (unpaired) electrons. The summed E-state index contributed by atoms with van der Waals surface area (Å²) < 4.78 is 4.54. The minimum absolute atomic E-state index is 0.0413. The van der Waals surface area contributed by atoms with Gasteiger partial charge in [0, 0.05) is 6.04 Å². The third-order valence-electron chi connectivity index (χ3n) is 1.80. The zero-order valence-electron chi connectivity index (χ0n) is 8.46. The molecule has 74 valence electrons. The number of esters is 1. The molecular weight excluding hydrogens is 166 g/mol. The number of nitrogens with one attached hydrogen (secondary N) is 1. The summed E-state index contributed by atoms with van der Waals surface area (Å²) in [7, 11) is 1.38. The molecule has 0 aromatic carbocycles. The van der Waals surface area contributed by atoms with Crippen molar-refractivity contribution < 1.29 is 9.53 Å². The molecule has 0 aromatic heterocycles. The number of rotatable bonds is 5. The van der Waals surface area contributed by atoms with Gasteiger partial charge >= 0.3 is 5.97 Å². The number of hydrogen-bond acceptors (Lipinski definition) is 3. The Morgan fingerprint density at radius 3 is 2.69 bits per heavy atom. The second-order valence-corrected chi connectivity index (χ2v) is 2.98. The molecule has 13 heavy (non-hydrogen) atoms. The van der Waals surface area contributed by atoms with Gasteiger partial charge in [-0.3, -0.25) is 4.79 Å². The Bertz CT molecular complexity index is 196. The van der Waals surface area contributed by atoms with E-state index in [1.165, 1.54) is 7.11 Å². The first-order valence-electron chi connectivity index (χ1n) is 4.43. The molecule has 0 aliphatic heterocycles. The molecule has 0 aliphatic rings. The molecule has 0 saturated carbocycles. The fourth-order valence-electron chi connectivity index (χ4n) is 1.02. The minimum atomic E-state index is -0.216. The van der Waals surface area contributed by atoms with E-state index in [1.807, 2.05) is 13.8 Å². The standard InChI is InChI=1S/C10H17NO2/c1-5-9(6-2)11-8(3)7-10(12)13-4/h1,8-9,11H,6-7H2,2-4H3. The van der Waals surface area contributed by atoms with Gasteiger partial charge in [0.2, 0.25) is 0 Å². The van der Waals surface area contributed by atoms with Crippen LogP contribution >= 0.6 is 0 Å². The van der Waals surface area contributed by atoms with Crippen LogP contribution in [-0.4, -0.2) is 25.2 Å². The molecule has 0 spiro atoms. The number of hydrogen-bond donors (Lipinski definition) is 1. The summed E-state index contributed by atoms with van der Waals surface area (Å²) in [5.74, 6) is 2.39. The molecule has 0 bridgehead atoms. The number of terminal acetylenes is 1. The van der Waals surface area contributed by atoms with E-state index < -0.39 is 0 Å².